The Hall–Kier alpha value is -7.94. The molecule has 10 aromatic rings. The topological polar surface area (TPSA) is 127 Å². The van der Waals surface area contributed by atoms with Gasteiger partial charge in [-0.2, -0.15) is 0 Å². The number of nitrogens with zero attached hydrogens (tertiary/aromatic N) is 6. The zero-order chi connectivity index (χ0) is 51.8. The molecule has 0 spiro atoms. The third-order valence-electron chi connectivity index (χ3n) is 14.4. The van der Waals surface area contributed by atoms with Gasteiger partial charge in [0.25, 0.3) is 11.9 Å². The minimum atomic E-state index is -0.356. The number of furan rings is 2. The summed E-state index contributed by atoms with van der Waals surface area (Å²) in [7, 11) is 0. The molecule has 0 saturated carbocycles. The van der Waals surface area contributed by atoms with Gasteiger partial charge in [0, 0.05) is 96.6 Å². The molecule has 14 nitrogen and oxygen atoms in total. The molecule has 0 radical (unpaired) electrons. The van der Waals surface area contributed by atoms with Crippen molar-refractivity contribution >= 4 is 55.4 Å². The number of fused-ring (bicyclic) bond motifs is 6. The quantitative estimate of drug-likeness (QED) is 0.0923. The number of aromatic nitrogens is 6. The van der Waals surface area contributed by atoms with Gasteiger partial charge in [-0.1, -0.05) is 12.1 Å². The third-order valence-corrected chi connectivity index (χ3v) is 14.4. The largest absolute Gasteiger partial charge is 0.465 e. The lowest BCUT2D eigenvalue weighted by Gasteiger charge is -2.17. The van der Waals surface area contributed by atoms with E-state index >= 15 is 0 Å². The molecule has 8 aromatic heterocycles. The molecule has 12 rings (SSSR count). The molecule has 2 aromatic carbocycles. The smallest absolute Gasteiger partial charge is 0.284 e. The van der Waals surface area contributed by atoms with E-state index in [2.05, 4.69) is 133 Å². The lowest BCUT2D eigenvalue weighted by Crippen LogP contribution is -2.10. The Morgan fingerprint density at radius 2 is 0.933 bits per heavy atom. The van der Waals surface area contributed by atoms with Gasteiger partial charge in [-0.25, -0.2) is 0 Å². The standard InChI is InChI=1S/C61H62N6O8/c1-11-68-50-23-19-46(72-50)40-29-64(30-41(40)47-20-24-51(73-47)69-12-2)58-34(5)27-36(7)60-54(58)56-44(17-15-38(9)62-56)66(60)33-67-45-18-16-39(10)63-57(45)55-59(35(6)28-37(8)61(55)67)65-31-42(48-21-25-52(74-48)70-13-3)43(32-65)49-22-26-53(75-49)71-14-4/h15-23,25,27-32,51,53H,11-14,24,26,33H2,1-10H3. The molecule has 14 heteroatoms. The summed E-state index contributed by atoms with van der Waals surface area (Å²) in [4.78, 5) is 10.7. The van der Waals surface area contributed by atoms with Crippen LogP contribution in [0, 0.1) is 41.5 Å². The Labute approximate surface area is 435 Å². The maximum Gasteiger partial charge on any atom is 0.284 e. The van der Waals surface area contributed by atoms with E-state index in [0.29, 0.717) is 69.4 Å². The van der Waals surface area contributed by atoms with Gasteiger partial charge in [0.1, 0.15) is 29.7 Å². The van der Waals surface area contributed by atoms with Crippen LogP contribution in [-0.4, -0.2) is 67.2 Å². The van der Waals surface area contributed by atoms with Crippen molar-refractivity contribution in [2.75, 3.05) is 26.4 Å². The third kappa shape index (κ3) is 8.18. The van der Waals surface area contributed by atoms with Crippen molar-refractivity contribution in [3.8, 4) is 45.9 Å². The molecule has 0 N–H and O–H groups in total. The summed E-state index contributed by atoms with van der Waals surface area (Å²) >= 11 is 0. The minimum Gasteiger partial charge on any atom is -0.465 e. The van der Waals surface area contributed by atoms with E-state index in [4.69, 9.17) is 47.2 Å². The molecule has 384 valence electrons. The molecule has 10 heterocycles. The fourth-order valence-corrected chi connectivity index (χ4v) is 11.5. The predicted molar refractivity (Wildman–Crippen MR) is 293 cm³/mol. The van der Waals surface area contributed by atoms with E-state index in [9.17, 15) is 0 Å². The highest BCUT2D eigenvalue weighted by Gasteiger charge is 2.30. The van der Waals surface area contributed by atoms with E-state index in [-0.39, 0.29) is 12.6 Å². The second kappa shape index (κ2) is 19.1. The van der Waals surface area contributed by atoms with Crippen molar-refractivity contribution in [1.82, 2.24) is 28.2 Å². The van der Waals surface area contributed by atoms with Crippen LogP contribution < -0.4 is 9.47 Å². The zero-order valence-electron chi connectivity index (χ0n) is 44.3. The van der Waals surface area contributed by atoms with Crippen molar-refractivity contribution in [1.29, 1.82) is 0 Å². The SMILES string of the molecule is CCOc1ccc(-c2cn(-c3c(C)cc(C)c4c3c3nc(C)ccc3n4Cn3c4ccc(C)nc4c4c(-n5cc(C6=CCC(OCC)O6)c(-c6ccc(OCC)o6)c5)c(C)cc(C)c43)cc2C2=CCC(OCC)O2)o1. The molecule has 2 aliphatic rings. The number of pyridine rings is 2. The van der Waals surface area contributed by atoms with Gasteiger partial charge in [-0.3, -0.25) is 9.97 Å². The summed E-state index contributed by atoms with van der Waals surface area (Å²) in [5.41, 5.74) is 18.0. The lowest BCUT2D eigenvalue weighted by atomic mass is 10.0. The molecule has 75 heavy (non-hydrogen) atoms. The molecule has 0 amide bonds. The number of rotatable bonds is 16. The summed E-state index contributed by atoms with van der Waals surface area (Å²) in [5, 5.41) is 2.11. The summed E-state index contributed by atoms with van der Waals surface area (Å²) in [5.74, 6) is 3.78. The average molecular weight is 1010 g/mol. The lowest BCUT2D eigenvalue weighted by molar-refractivity contribution is -0.0791. The minimum absolute atomic E-state index is 0.356. The maximum atomic E-state index is 6.45. The first-order valence-electron chi connectivity index (χ1n) is 26.1. The molecule has 2 atom stereocenters. The van der Waals surface area contributed by atoms with Crippen LogP contribution >= 0.6 is 0 Å². The first-order chi connectivity index (χ1) is 36.4. The highest BCUT2D eigenvalue weighted by molar-refractivity contribution is 6.14. The highest BCUT2D eigenvalue weighted by Crippen LogP contribution is 2.45. The van der Waals surface area contributed by atoms with Crippen molar-refractivity contribution in [2.24, 2.45) is 0 Å². The van der Waals surface area contributed by atoms with Gasteiger partial charge in [-0.05, 0) is 140 Å². The summed E-state index contributed by atoms with van der Waals surface area (Å²) in [6.07, 6.45) is 13.4. The van der Waals surface area contributed by atoms with E-state index in [0.717, 1.165) is 123 Å². The van der Waals surface area contributed by atoms with Gasteiger partial charge in [0.2, 0.25) is 12.6 Å². The molecule has 0 saturated heterocycles. The van der Waals surface area contributed by atoms with Gasteiger partial charge < -0.3 is 55.5 Å². The van der Waals surface area contributed by atoms with Crippen molar-refractivity contribution in [3.05, 3.63) is 142 Å². The predicted octanol–water partition coefficient (Wildman–Crippen LogP) is 14.2. The molecular weight excluding hydrogens is 945 g/mol. The van der Waals surface area contributed by atoms with Crippen LogP contribution in [0.2, 0.25) is 0 Å². The van der Waals surface area contributed by atoms with Crippen LogP contribution in [0.3, 0.4) is 0 Å². The second-order valence-corrected chi connectivity index (χ2v) is 19.5. The van der Waals surface area contributed by atoms with Gasteiger partial charge in [-0.15, -0.1) is 0 Å². The normalized spacial score (nSPS) is 15.7. The monoisotopic (exact) mass is 1010 g/mol. The zero-order valence-corrected chi connectivity index (χ0v) is 44.3. The van der Waals surface area contributed by atoms with Crippen molar-refractivity contribution in [3.63, 3.8) is 0 Å². The van der Waals surface area contributed by atoms with Gasteiger partial charge in [0.15, 0.2) is 0 Å². The highest BCUT2D eigenvalue weighted by atomic mass is 16.7. The summed E-state index contributed by atoms with van der Waals surface area (Å²) in [6, 6.07) is 20.9. The number of hydrogen-bond acceptors (Lipinski definition) is 10. The molecule has 0 bridgehead atoms. The van der Waals surface area contributed by atoms with E-state index < -0.39 is 0 Å². The molecule has 0 aliphatic carbocycles. The number of hydrogen-bond donors (Lipinski definition) is 0. The second-order valence-electron chi connectivity index (χ2n) is 19.5. The first kappa shape index (κ1) is 48.0. The fraction of sp³-hybridized carbons (Fsp3) is 0.311. The fourth-order valence-electron chi connectivity index (χ4n) is 11.5. The van der Waals surface area contributed by atoms with Crippen molar-refractivity contribution in [2.45, 2.75) is 101 Å². The van der Waals surface area contributed by atoms with Gasteiger partial charge in [0.05, 0.1) is 68.5 Å². The van der Waals surface area contributed by atoms with Crippen LogP contribution in [0.1, 0.15) is 85.3 Å². The van der Waals surface area contributed by atoms with Crippen LogP contribution in [0.4, 0.5) is 0 Å². The Bertz CT molecular complexity index is 3670. The van der Waals surface area contributed by atoms with E-state index in [1.807, 2.05) is 52.0 Å². The van der Waals surface area contributed by atoms with Crippen LogP contribution in [0.5, 0.6) is 11.9 Å². The Morgan fingerprint density at radius 1 is 0.507 bits per heavy atom. The molecular formula is C61H62N6O8. The first-order valence-corrected chi connectivity index (χ1v) is 26.1. The summed E-state index contributed by atoms with van der Waals surface area (Å²) < 4.78 is 58.3. The molecule has 2 aliphatic heterocycles. The van der Waals surface area contributed by atoms with Gasteiger partial charge >= 0.3 is 0 Å². The maximum absolute atomic E-state index is 6.45. The van der Waals surface area contributed by atoms with Crippen LogP contribution in [0.25, 0.3) is 89.4 Å². The van der Waals surface area contributed by atoms with Crippen LogP contribution in [0.15, 0.2) is 106 Å². The number of ether oxygens (including phenoxy) is 6. The van der Waals surface area contributed by atoms with E-state index in [1.54, 1.807) is 0 Å². The number of aryl methyl sites for hydroxylation is 6. The van der Waals surface area contributed by atoms with E-state index in [1.165, 1.54) is 0 Å². The Balaban J connectivity index is 1.06. The van der Waals surface area contributed by atoms with Crippen LogP contribution in [-0.2, 0) is 25.6 Å². The Morgan fingerprint density at radius 3 is 1.35 bits per heavy atom. The number of benzene rings is 2. The molecule has 0 fully saturated rings. The Kier molecular flexibility index (Phi) is 12.2. The van der Waals surface area contributed by atoms with Crippen molar-refractivity contribution < 1.29 is 37.3 Å². The summed E-state index contributed by atoms with van der Waals surface area (Å²) in [6.45, 7) is 23.3. The average Bonchev–Trinajstić information content (AvgIpc) is 4.27. The molecule has 2 unspecified atom stereocenters.